The highest BCUT2D eigenvalue weighted by molar-refractivity contribution is 7.98. The third kappa shape index (κ3) is 3.90. The first-order valence-electron chi connectivity index (χ1n) is 6.95. The summed E-state index contributed by atoms with van der Waals surface area (Å²) in [6, 6.07) is 9.57. The molecule has 1 aromatic rings. The average Bonchev–Trinajstić information content (AvgIpc) is 2.85. The number of likely N-dealkylation sites (N-methyl/N-ethyl adjacent to an activating group) is 1. The van der Waals surface area contributed by atoms with Crippen LogP contribution >= 0.6 is 11.8 Å². The fourth-order valence-electron chi connectivity index (χ4n) is 2.28. The van der Waals surface area contributed by atoms with Crippen molar-refractivity contribution in [2.24, 2.45) is 4.99 Å². The molecule has 1 aromatic carbocycles. The van der Waals surface area contributed by atoms with Gasteiger partial charge in [0.25, 0.3) is 0 Å². The van der Waals surface area contributed by atoms with E-state index in [-0.39, 0.29) is 0 Å². The topological polar surface area (TPSA) is 39.7 Å². The molecule has 0 aromatic heterocycles. The molecule has 2 rings (SSSR count). The number of hydrogen-bond acceptors (Lipinski definition) is 5. The second-order valence-electron chi connectivity index (χ2n) is 5.37. The van der Waals surface area contributed by atoms with Gasteiger partial charge in [0, 0.05) is 17.5 Å². The Balaban J connectivity index is 1.99. The highest BCUT2D eigenvalue weighted by Gasteiger charge is 2.17. The summed E-state index contributed by atoms with van der Waals surface area (Å²) < 4.78 is 0. The first kappa shape index (κ1) is 15.2. The van der Waals surface area contributed by atoms with Gasteiger partial charge in [0.2, 0.25) is 0 Å². The lowest BCUT2D eigenvalue weighted by Gasteiger charge is -2.25. The molecule has 20 heavy (non-hydrogen) atoms. The number of nitrogens with one attached hydrogen (secondary N) is 2. The van der Waals surface area contributed by atoms with Crippen LogP contribution in [0.5, 0.6) is 0 Å². The fourth-order valence-corrected chi connectivity index (χ4v) is 2.69. The number of rotatable bonds is 5. The summed E-state index contributed by atoms with van der Waals surface area (Å²) in [5.74, 6) is 0.921. The van der Waals surface area contributed by atoms with Gasteiger partial charge in [-0.3, -0.25) is 4.99 Å². The van der Waals surface area contributed by atoms with E-state index in [2.05, 4.69) is 72.1 Å². The summed E-state index contributed by atoms with van der Waals surface area (Å²) in [6.07, 6.45) is 2.10. The van der Waals surface area contributed by atoms with Crippen molar-refractivity contribution in [3.05, 3.63) is 29.8 Å². The maximum Gasteiger partial charge on any atom is 0.191 e. The maximum atomic E-state index is 4.44. The molecule has 1 aliphatic heterocycles. The van der Waals surface area contributed by atoms with Crippen LogP contribution in [0.25, 0.3) is 0 Å². The van der Waals surface area contributed by atoms with E-state index in [4.69, 9.17) is 0 Å². The van der Waals surface area contributed by atoms with Crippen molar-refractivity contribution in [1.29, 1.82) is 0 Å². The molecule has 2 atom stereocenters. The number of aliphatic imine (C=N–C) groups is 1. The molecular formula is C15H24N4S. The molecule has 0 aliphatic carbocycles. The van der Waals surface area contributed by atoms with Crippen LogP contribution < -0.4 is 10.6 Å². The van der Waals surface area contributed by atoms with E-state index in [9.17, 15) is 0 Å². The predicted octanol–water partition coefficient (Wildman–Crippen LogP) is 1.95. The Kier molecular flexibility index (Phi) is 5.31. The van der Waals surface area contributed by atoms with E-state index >= 15 is 0 Å². The number of nitrogens with zero attached hydrogens (tertiary/aromatic N) is 2. The summed E-state index contributed by atoms with van der Waals surface area (Å²) in [5.41, 5.74) is 1.33. The van der Waals surface area contributed by atoms with E-state index in [0.717, 1.165) is 19.0 Å². The highest BCUT2D eigenvalue weighted by atomic mass is 32.2. The minimum absolute atomic E-state index is 0.339. The van der Waals surface area contributed by atoms with Crippen molar-refractivity contribution >= 4 is 17.7 Å². The lowest BCUT2D eigenvalue weighted by molar-refractivity contribution is 0.298. The molecule has 1 heterocycles. The van der Waals surface area contributed by atoms with Gasteiger partial charge in [-0.05, 0) is 45.0 Å². The predicted molar refractivity (Wildman–Crippen MR) is 87.6 cm³/mol. The molecule has 0 bridgehead atoms. The normalized spacial score (nSPS) is 19.6. The summed E-state index contributed by atoms with van der Waals surface area (Å²) >= 11 is 1.77. The van der Waals surface area contributed by atoms with Crippen LogP contribution in [0.1, 0.15) is 18.5 Å². The fraction of sp³-hybridized carbons (Fsp3) is 0.533. The molecule has 2 N–H and O–H groups in total. The quantitative estimate of drug-likeness (QED) is 0.814. The van der Waals surface area contributed by atoms with E-state index in [1.54, 1.807) is 11.8 Å². The van der Waals surface area contributed by atoms with Crippen LogP contribution in [0, 0.1) is 0 Å². The van der Waals surface area contributed by atoms with E-state index in [1.807, 2.05) is 0 Å². The minimum Gasteiger partial charge on any atom is -0.354 e. The molecule has 0 radical (unpaired) electrons. The maximum absolute atomic E-state index is 4.44. The number of hydrogen-bond donors (Lipinski definition) is 2. The molecule has 0 spiro atoms. The monoisotopic (exact) mass is 292 g/mol. The second kappa shape index (κ2) is 6.99. The summed E-state index contributed by atoms with van der Waals surface area (Å²) in [6.45, 7) is 3.85. The lowest BCUT2D eigenvalue weighted by atomic mass is 10.1. The van der Waals surface area contributed by atoms with Gasteiger partial charge in [-0.15, -0.1) is 11.8 Å². The smallest absolute Gasteiger partial charge is 0.191 e. The standard InChI is InChI=1S/C15H24N4S/c1-11-9-16-15(18-11)17-10-14(19(2)3)12-5-7-13(20-4)8-6-12/h5-8,11,14H,9-10H2,1-4H3,(H2,16,17,18). The molecular weight excluding hydrogens is 268 g/mol. The van der Waals surface area contributed by atoms with Crippen LogP contribution in [0.15, 0.2) is 34.2 Å². The molecule has 110 valence electrons. The number of guanidine groups is 1. The van der Waals surface area contributed by atoms with Gasteiger partial charge < -0.3 is 15.5 Å². The Morgan fingerprint density at radius 3 is 2.60 bits per heavy atom. The SMILES string of the molecule is CSc1ccc(C(CNC2=NCC(C)N2)N(C)C)cc1. The Morgan fingerprint density at radius 1 is 1.40 bits per heavy atom. The third-order valence-electron chi connectivity index (χ3n) is 3.49. The molecule has 0 saturated heterocycles. The molecule has 4 nitrogen and oxygen atoms in total. The van der Waals surface area contributed by atoms with Crippen LogP contribution in [-0.4, -0.2) is 50.3 Å². The molecule has 0 amide bonds. The Morgan fingerprint density at radius 2 is 2.10 bits per heavy atom. The largest absolute Gasteiger partial charge is 0.354 e. The molecule has 0 fully saturated rings. The molecule has 0 saturated carbocycles. The third-order valence-corrected chi connectivity index (χ3v) is 4.24. The van der Waals surface area contributed by atoms with Crippen LogP contribution in [0.3, 0.4) is 0 Å². The highest BCUT2D eigenvalue weighted by Crippen LogP contribution is 2.21. The first-order valence-corrected chi connectivity index (χ1v) is 8.18. The molecule has 5 heteroatoms. The lowest BCUT2D eigenvalue weighted by Crippen LogP contribution is -2.41. The van der Waals surface area contributed by atoms with Crippen molar-refractivity contribution < 1.29 is 0 Å². The Bertz CT molecular complexity index is 455. The summed E-state index contributed by atoms with van der Waals surface area (Å²) in [5, 5.41) is 6.75. The van der Waals surface area contributed by atoms with Crippen molar-refractivity contribution in [3.8, 4) is 0 Å². The molecule has 1 aliphatic rings. The first-order chi connectivity index (χ1) is 9.60. The van der Waals surface area contributed by atoms with Gasteiger partial charge >= 0.3 is 0 Å². The van der Waals surface area contributed by atoms with Crippen molar-refractivity contribution in [2.45, 2.75) is 23.9 Å². The van der Waals surface area contributed by atoms with Crippen LogP contribution in [-0.2, 0) is 0 Å². The number of thioether (sulfide) groups is 1. The minimum atomic E-state index is 0.339. The van der Waals surface area contributed by atoms with Gasteiger partial charge in [-0.2, -0.15) is 0 Å². The van der Waals surface area contributed by atoms with Crippen LogP contribution in [0.4, 0.5) is 0 Å². The van der Waals surface area contributed by atoms with Gasteiger partial charge in [-0.1, -0.05) is 12.1 Å². The Labute approximate surface area is 126 Å². The van der Waals surface area contributed by atoms with E-state index in [1.165, 1.54) is 10.5 Å². The summed E-state index contributed by atoms with van der Waals surface area (Å²) in [4.78, 5) is 7.98. The van der Waals surface area contributed by atoms with Gasteiger partial charge in [-0.25, -0.2) is 0 Å². The number of benzene rings is 1. The summed E-state index contributed by atoms with van der Waals surface area (Å²) in [7, 11) is 4.22. The zero-order chi connectivity index (χ0) is 14.5. The zero-order valence-corrected chi connectivity index (χ0v) is 13.5. The van der Waals surface area contributed by atoms with Gasteiger partial charge in [0.1, 0.15) is 0 Å². The average molecular weight is 292 g/mol. The van der Waals surface area contributed by atoms with Gasteiger partial charge in [0.05, 0.1) is 12.6 Å². The van der Waals surface area contributed by atoms with Crippen molar-refractivity contribution in [2.75, 3.05) is 33.4 Å². The second-order valence-corrected chi connectivity index (χ2v) is 6.25. The van der Waals surface area contributed by atoms with Crippen molar-refractivity contribution in [1.82, 2.24) is 15.5 Å². The van der Waals surface area contributed by atoms with Gasteiger partial charge in [0.15, 0.2) is 5.96 Å². The van der Waals surface area contributed by atoms with E-state index in [0.29, 0.717) is 12.1 Å². The van der Waals surface area contributed by atoms with E-state index < -0.39 is 0 Å². The Hall–Kier alpha value is -1.20. The van der Waals surface area contributed by atoms with Crippen LogP contribution in [0.2, 0.25) is 0 Å². The zero-order valence-electron chi connectivity index (χ0n) is 12.7. The van der Waals surface area contributed by atoms with Crippen molar-refractivity contribution in [3.63, 3.8) is 0 Å². The molecule has 2 unspecified atom stereocenters.